The second-order valence-electron chi connectivity index (χ2n) is 4.48. The average Bonchev–Trinajstić information content (AvgIpc) is 2.53. The highest BCUT2D eigenvalue weighted by molar-refractivity contribution is 5.41. The van der Waals surface area contributed by atoms with Gasteiger partial charge in [0.15, 0.2) is 0 Å². The smallest absolute Gasteiger partial charge is 0.122 e. The van der Waals surface area contributed by atoms with Crippen LogP contribution in [0, 0.1) is 11.3 Å². The molecule has 1 atom stereocenters. The van der Waals surface area contributed by atoms with E-state index in [1.54, 1.807) is 48.5 Å². The highest BCUT2D eigenvalue weighted by Gasteiger charge is 2.07. The molecule has 5 nitrogen and oxygen atoms in total. The van der Waals surface area contributed by atoms with E-state index >= 15 is 0 Å². The topological polar surface area (TPSA) is 88.5 Å². The van der Waals surface area contributed by atoms with Crippen molar-refractivity contribution in [3.8, 4) is 17.6 Å². The van der Waals surface area contributed by atoms with Crippen molar-refractivity contribution in [2.45, 2.75) is 6.10 Å². The summed E-state index contributed by atoms with van der Waals surface area (Å²) in [6.45, 7) is 0.237. The molecule has 3 N–H and O–H groups in total. The van der Waals surface area contributed by atoms with Crippen LogP contribution in [0.15, 0.2) is 48.5 Å². The van der Waals surface area contributed by atoms with Gasteiger partial charge in [0.05, 0.1) is 11.6 Å². The van der Waals surface area contributed by atoms with Crippen LogP contribution in [0.25, 0.3) is 0 Å². The number of nitriles is 1. The Kier molecular flexibility index (Phi) is 5.02. The minimum absolute atomic E-state index is 0.112. The van der Waals surface area contributed by atoms with Gasteiger partial charge in [0, 0.05) is 5.69 Å². The van der Waals surface area contributed by atoms with E-state index < -0.39 is 6.10 Å². The molecule has 0 saturated heterocycles. The molecule has 0 aliphatic heterocycles. The fourth-order valence-corrected chi connectivity index (χ4v) is 1.62. The molecular weight excluding hydrogens is 268 g/mol. The highest BCUT2D eigenvalue weighted by atomic mass is 16.5. The minimum atomic E-state index is -0.752. The summed E-state index contributed by atoms with van der Waals surface area (Å²) in [5.41, 5.74) is 6.79. The number of ether oxygens (including phenoxy) is 2. The van der Waals surface area contributed by atoms with Crippen LogP contribution in [0.5, 0.6) is 11.5 Å². The van der Waals surface area contributed by atoms with E-state index in [1.807, 2.05) is 6.07 Å². The number of benzene rings is 2. The zero-order valence-electron chi connectivity index (χ0n) is 11.4. The molecule has 108 valence electrons. The van der Waals surface area contributed by atoms with Gasteiger partial charge in [-0.3, -0.25) is 0 Å². The van der Waals surface area contributed by atoms with E-state index in [4.69, 9.17) is 20.5 Å². The molecule has 1 unspecified atom stereocenters. The largest absolute Gasteiger partial charge is 0.491 e. The van der Waals surface area contributed by atoms with Crippen molar-refractivity contribution in [3.63, 3.8) is 0 Å². The Balaban J connectivity index is 1.75. The molecular formula is C16H16N2O3. The molecule has 0 bridgehead atoms. The van der Waals surface area contributed by atoms with Gasteiger partial charge in [-0.05, 0) is 48.5 Å². The maximum Gasteiger partial charge on any atom is 0.122 e. The minimum Gasteiger partial charge on any atom is -0.491 e. The van der Waals surface area contributed by atoms with E-state index in [-0.39, 0.29) is 13.2 Å². The molecule has 21 heavy (non-hydrogen) atoms. The van der Waals surface area contributed by atoms with Crippen molar-refractivity contribution in [2.75, 3.05) is 18.9 Å². The van der Waals surface area contributed by atoms with Crippen LogP contribution in [0.2, 0.25) is 0 Å². The van der Waals surface area contributed by atoms with Crippen molar-refractivity contribution in [1.29, 1.82) is 5.26 Å². The predicted octanol–water partition coefficient (Wildman–Crippen LogP) is 1.96. The van der Waals surface area contributed by atoms with Crippen molar-refractivity contribution < 1.29 is 14.6 Å². The van der Waals surface area contributed by atoms with Gasteiger partial charge in [0.2, 0.25) is 0 Å². The summed E-state index contributed by atoms with van der Waals surface area (Å²) in [5.74, 6) is 1.24. The third kappa shape index (κ3) is 4.71. The molecule has 0 saturated carbocycles. The summed E-state index contributed by atoms with van der Waals surface area (Å²) in [7, 11) is 0. The van der Waals surface area contributed by atoms with Crippen molar-refractivity contribution in [2.24, 2.45) is 0 Å². The third-order valence-corrected chi connectivity index (χ3v) is 2.75. The van der Waals surface area contributed by atoms with E-state index in [9.17, 15) is 5.11 Å². The summed E-state index contributed by atoms with van der Waals surface area (Å²) in [6.07, 6.45) is -0.752. The van der Waals surface area contributed by atoms with Gasteiger partial charge in [-0.1, -0.05) is 0 Å². The van der Waals surface area contributed by atoms with Gasteiger partial charge in [0.1, 0.15) is 30.8 Å². The van der Waals surface area contributed by atoms with Crippen LogP contribution in [0.4, 0.5) is 5.69 Å². The van der Waals surface area contributed by atoms with Crippen LogP contribution < -0.4 is 15.2 Å². The highest BCUT2D eigenvalue weighted by Crippen LogP contribution is 2.14. The molecule has 0 aliphatic rings. The number of nitrogens with zero attached hydrogens (tertiary/aromatic N) is 1. The Labute approximate surface area is 123 Å². The summed E-state index contributed by atoms with van der Waals surface area (Å²) in [6, 6.07) is 15.7. The molecule has 2 rings (SSSR count). The molecule has 0 spiro atoms. The van der Waals surface area contributed by atoms with Gasteiger partial charge in [-0.2, -0.15) is 5.26 Å². The molecule has 0 fully saturated rings. The zero-order chi connectivity index (χ0) is 15.1. The number of aliphatic hydroxyl groups is 1. The fraction of sp³-hybridized carbons (Fsp3) is 0.188. The lowest BCUT2D eigenvalue weighted by molar-refractivity contribution is 0.0626. The molecule has 2 aromatic carbocycles. The van der Waals surface area contributed by atoms with Crippen molar-refractivity contribution >= 4 is 5.69 Å². The van der Waals surface area contributed by atoms with Gasteiger partial charge < -0.3 is 20.3 Å². The van der Waals surface area contributed by atoms with E-state index in [0.717, 1.165) is 0 Å². The number of rotatable bonds is 6. The number of anilines is 1. The maximum atomic E-state index is 9.80. The second kappa shape index (κ2) is 7.17. The third-order valence-electron chi connectivity index (χ3n) is 2.75. The maximum absolute atomic E-state index is 9.80. The molecule has 5 heteroatoms. The summed E-state index contributed by atoms with van der Waals surface area (Å²) >= 11 is 0. The van der Waals surface area contributed by atoms with E-state index in [0.29, 0.717) is 22.7 Å². The standard InChI is InChI=1S/C16H16N2O3/c17-9-12-1-5-15(6-2-12)20-10-14(19)11-21-16-7-3-13(18)4-8-16/h1-8,14,19H,10-11,18H2. The summed E-state index contributed by atoms with van der Waals surface area (Å²) < 4.78 is 10.8. The molecule has 0 amide bonds. The number of nitrogen functional groups attached to an aromatic ring is 1. The van der Waals surface area contributed by atoms with Gasteiger partial charge in [0.25, 0.3) is 0 Å². The van der Waals surface area contributed by atoms with Crippen molar-refractivity contribution in [3.05, 3.63) is 54.1 Å². The quantitative estimate of drug-likeness (QED) is 0.792. The van der Waals surface area contributed by atoms with Gasteiger partial charge in [-0.25, -0.2) is 0 Å². The number of hydrogen-bond donors (Lipinski definition) is 2. The van der Waals surface area contributed by atoms with Crippen LogP contribution in [0.3, 0.4) is 0 Å². The van der Waals surface area contributed by atoms with Crippen LogP contribution in [-0.4, -0.2) is 24.4 Å². The SMILES string of the molecule is N#Cc1ccc(OCC(O)COc2ccc(N)cc2)cc1. The number of nitrogens with two attached hydrogens (primary N) is 1. The molecule has 0 heterocycles. The Morgan fingerprint density at radius 3 is 1.90 bits per heavy atom. The summed E-state index contributed by atoms with van der Waals surface area (Å²) in [4.78, 5) is 0. The first-order chi connectivity index (χ1) is 10.2. The normalized spacial score (nSPS) is 11.4. The number of hydrogen-bond acceptors (Lipinski definition) is 5. The lowest BCUT2D eigenvalue weighted by Gasteiger charge is -2.13. The van der Waals surface area contributed by atoms with Crippen molar-refractivity contribution in [1.82, 2.24) is 0 Å². The Morgan fingerprint density at radius 2 is 1.43 bits per heavy atom. The van der Waals surface area contributed by atoms with Crippen LogP contribution in [0.1, 0.15) is 5.56 Å². The van der Waals surface area contributed by atoms with Crippen LogP contribution >= 0.6 is 0 Å². The first-order valence-corrected chi connectivity index (χ1v) is 6.47. The molecule has 0 aliphatic carbocycles. The predicted molar refractivity (Wildman–Crippen MR) is 79.0 cm³/mol. The first-order valence-electron chi connectivity index (χ1n) is 6.47. The zero-order valence-corrected chi connectivity index (χ0v) is 11.4. The molecule has 0 aromatic heterocycles. The van der Waals surface area contributed by atoms with Gasteiger partial charge >= 0.3 is 0 Å². The Morgan fingerprint density at radius 1 is 0.952 bits per heavy atom. The number of aliphatic hydroxyl groups excluding tert-OH is 1. The van der Waals surface area contributed by atoms with Gasteiger partial charge in [-0.15, -0.1) is 0 Å². The molecule has 0 radical (unpaired) electrons. The Bertz CT molecular complexity index is 603. The fourth-order valence-electron chi connectivity index (χ4n) is 1.62. The average molecular weight is 284 g/mol. The van der Waals surface area contributed by atoms with E-state index in [2.05, 4.69) is 0 Å². The lowest BCUT2D eigenvalue weighted by Crippen LogP contribution is -2.25. The summed E-state index contributed by atoms with van der Waals surface area (Å²) in [5, 5.41) is 18.5. The van der Waals surface area contributed by atoms with E-state index in [1.165, 1.54) is 0 Å². The molecule has 2 aromatic rings. The lowest BCUT2D eigenvalue weighted by atomic mass is 10.2. The monoisotopic (exact) mass is 284 g/mol. The first kappa shape index (κ1) is 14.7. The second-order valence-corrected chi connectivity index (χ2v) is 4.48. The van der Waals surface area contributed by atoms with Crippen LogP contribution in [-0.2, 0) is 0 Å². The Hall–Kier alpha value is -2.71.